The zero-order valence-electron chi connectivity index (χ0n) is 16.5. The summed E-state index contributed by atoms with van der Waals surface area (Å²) in [6.07, 6.45) is 4.85. The van der Waals surface area contributed by atoms with Crippen molar-refractivity contribution >= 4 is 22.8 Å². The Morgan fingerprint density at radius 3 is 2.93 bits per heavy atom. The van der Waals surface area contributed by atoms with E-state index >= 15 is 0 Å². The summed E-state index contributed by atoms with van der Waals surface area (Å²) >= 11 is 0. The number of hydrogen-bond acceptors (Lipinski definition) is 3. The highest BCUT2D eigenvalue weighted by atomic mass is 16.2. The van der Waals surface area contributed by atoms with E-state index in [1.807, 2.05) is 28.9 Å². The van der Waals surface area contributed by atoms with Crippen LogP contribution >= 0.6 is 0 Å². The molecule has 2 amide bonds. The summed E-state index contributed by atoms with van der Waals surface area (Å²) < 4.78 is 0. The molecule has 3 rings (SSSR count). The van der Waals surface area contributed by atoms with E-state index in [4.69, 9.17) is 0 Å². The number of imidazole rings is 1. The fraction of sp³-hybridized carbons (Fsp3) is 0.571. The van der Waals surface area contributed by atoms with Gasteiger partial charge in [0, 0.05) is 45.4 Å². The van der Waals surface area contributed by atoms with E-state index in [1.54, 1.807) is 0 Å². The molecule has 1 fully saturated rings. The van der Waals surface area contributed by atoms with Gasteiger partial charge in [0.1, 0.15) is 5.82 Å². The average molecular weight is 370 g/mol. The van der Waals surface area contributed by atoms with Gasteiger partial charge in [-0.05, 0) is 38.3 Å². The van der Waals surface area contributed by atoms with E-state index in [0.717, 1.165) is 48.2 Å². The van der Waals surface area contributed by atoms with Crippen molar-refractivity contribution in [3.8, 4) is 0 Å². The number of benzene rings is 1. The molecule has 1 N–H and O–H groups in total. The SMILES string of the molecule is CCN(CCc1nc2c(C)cccc2[nH]1)C(=O)CCN1CCCCCC1=O. The van der Waals surface area contributed by atoms with Crippen LogP contribution in [0.1, 0.15) is 50.4 Å². The third-order valence-electron chi connectivity index (χ3n) is 5.38. The minimum atomic E-state index is 0.113. The Hall–Kier alpha value is -2.37. The zero-order valence-corrected chi connectivity index (χ0v) is 16.5. The monoisotopic (exact) mass is 370 g/mol. The normalized spacial score (nSPS) is 15.2. The minimum Gasteiger partial charge on any atom is -0.342 e. The average Bonchev–Trinajstić information content (AvgIpc) is 2.97. The first-order chi connectivity index (χ1) is 13.1. The third kappa shape index (κ3) is 4.87. The molecule has 146 valence electrons. The van der Waals surface area contributed by atoms with Gasteiger partial charge in [0.15, 0.2) is 0 Å². The number of H-pyrrole nitrogens is 1. The van der Waals surface area contributed by atoms with Crippen LogP contribution in [0.5, 0.6) is 0 Å². The number of likely N-dealkylation sites (N-methyl/N-ethyl adjacent to an activating group) is 1. The molecule has 0 atom stereocenters. The summed E-state index contributed by atoms with van der Waals surface area (Å²) in [5.41, 5.74) is 3.20. The summed E-state index contributed by atoms with van der Waals surface area (Å²) in [5, 5.41) is 0. The van der Waals surface area contributed by atoms with Crippen molar-refractivity contribution in [3.05, 3.63) is 29.6 Å². The number of likely N-dealkylation sites (tertiary alicyclic amines) is 1. The van der Waals surface area contributed by atoms with Crippen LogP contribution in [0.25, 0.3) is 11.0 Å². The van der Waals surface area contributed by atoms with Crippen LogP contribution in [0.15, 0.2) is 18.2 Å². The van der Waals surface area contributed by atoms with Gasteiger partial charge in [-0.2, -0.15) is 0 Å². The first kappa shape index (κ1) is 19.4. The maximum absolute atomic E-state index is 12.6. The standard InChI is InChI=1S/C21H30N4O2/c1-3-24(20(27)12-15-25-13-6-4-5-10-19(25)26)14-11-18-22-17-9-7-8-16(2)21(17)23-18/h7-9H,3-6,10-15H2,1-2H3,(H,22,23). The number of carbonyl (C=O) groups is 2. The largest absolute Gasteiger partial charge is 0.342 e. The molecule has 0 unspecified atom stereocenters. The molecule has 0 aliphatic carbocycles. The predicted molar refractivity (Wildman–Crippen MR) is 106 cm³/mol. The molecule has 1 aromatic carbocycles. The van der Waals surface area contributed by atoms with Crippen molar-refractivity contribution in [2.45, 2.75) is 52.4 Å². The zero-order chi connectivity index (χ0) is 19.2. The fourth-order valence-electron chi connectivity index (χ4n) is 3.71. The smallest absolute Gasteiger partial charge is 0.224 e. The maximum Gasteiger partial charge on any atom is 0.224 e. The lowest BCUT2D eigenvalue weighted by molar-refractivity contribution is -0.134. The van der Waals surface area contributed by atoms with Crippen molar-refractivity contribution in [3.63, 3.8) is 0 Å². The molecule has 2 aromatic rings. The molecule has 6 heteroatoms. The molecule has 2 heterocycles. The van der Waals surface area contributed by atoms with Crippen LogP contribution in [-0.4, -0.2) is 57.8 Å². The van der Waals surface area contributed by atoms with E-state index in [9.17, 15) is 9.59 Å². The Morgan fingerprint density at radius 2 is 2.15 bits per heavy atom. The third-order valence-corrected chi connectivity index (χ3v) is 5.38. The Kier molecular flexibility index (Phi) is 6.48. The number of fused-ring (bicyclic) bond motifs is 1. The first-order valence-electron chi connectivity index (χ1n) is 10.1. The molecule has 1 aromatic heterocycles. The molecule has 1 aliphatic heterocycles. The Bertz CT molecular complexity index is 799. The topological polar surface area (TPSA) is 69.3 Å². The Morgan fingerprint density at radius 1 is 1.30 bits per heavy atom. The van der Waals surface area contributed by atoms with E-state index in [-0.39, 0.29) is 11.8 Å². The highest BCUT2D eigenvalue weighted by Gasteiger charge is 2.19. The number of nitrogens with zero attached hydrogens (tertiary/aromatic N) is 3. The Labute approximate surface area is 160 Å². The van der Waals surface area contributed by atoms with Crippen LogP contribution < -0.4 is 0 Å². The summed E-state index contributed by atoms with van der Waals surface area (Å²) in [5.74, 6) is 1.22. The van der Waals surface area contributed by atoms with Gasteiger partial charge in [0.25, 0.3) is 0 Å². The first-order valence-corrected chi connectivity index (χ1v) is 10.1. The molecule has 0 radical (unpaired) electrons. The lowest BCUT2D eigenvalue weighted by Gasteiger charge is -2.24. The lowest BCUT2D eigenvalue weighted by Crippen LogP contribution is -2.37. The van der Waals surface area contributed by atoms with Crippen molar-refractivity contribution < 1.29 is 9.59 Å². The molecule has 6 nitrogen and oxygen atoms in total. The van der Waals surface area contributed by atoms with Gasteiger partial charge < -0.3 is 14.8 Å². The van der Waals surface area contributed by atoms with Crippen LogP contribution in [0.4, 0.5) is 0 Å². The Balaban J connectivity index is 1.53. The minimum absolute atomic E-state index is 0.113. The van der Waals surface area contributed by atoms with Gasteiger partial charge in [-0.3, -0.25) is 9.59 Å². The predicted octanol–water partition coefficient (Wildman–Crippen LogP) is 3.06. The summed E-state index contributed by atoms with van der Waals surface area (Å²) in [6.45, 7) is 6.69. The van der Waals surface area contributed by atoms with Gasteiger partial charge in [-0.1, -0.05) is 18.6 Å². The number of para-hydroxylation sites is 1. The van der Waals surface area contributed by atoms with Crippen molar-refractivity contribution in [2.24, 2.45) is 0 Å². The molecular formula is C21H30N4O2. The number of amides is 2. The molecular weight excluding hydrogens is 340 g/mol. The maximum atomic E-state index is 12.6. The number of nitrogens with one attached hydrogen (secondary N) is 1. The number of carbonyl (C=O) groups excluding carboxylic acids is 2. The summed E-state index contributed by atoms with van der Waals surface area (Å²) in [6, 6.07) is 6.10. The lowest BCUT2D eigenvalue weighted by atomic mass is 10.2. The van der Waals surface area contributed by atoms with Crippen molar-refractivity contribution in [2.75, 3.05) is 26.2 Å². The summed E-state index contributed by atoms with van der Waals surface area (Å²) in [7, 11) is 0. The van der Waals surface area contributed by atoms with E-state index in [0.29, 0.717) is 38.9 Å². The number of hydrogen-bond donors (Lipinski definition) is 1. The number of aromatic amines is 1. The van der Waals surface area contributed by atoms with Gasteiger partial charge >= 0.3 is 0 Å². The number of aryl methyl sites for hydroxylation is 1. The summed E-state index contributed by atoms with van der Waals surface area (Å²) in [4.78, 5) is 36.4. The molecule has 27 heavy (non-hydrogen) atoms. The number of aromatic nitrogens is 2. The molecule has 1 aliphatic rings. The highest BCUT2D eigenvalue weighted by Crippen LogP contribution is 2.16. The molecule has 0 saturated carbocycles. The van der Waals surface area contributed by atoms with E-state index in [1.165, 1.54) is 0 Å². The molecule has 1 saturated heterocycles. The van der Waals surface area contributed by atoms with Gasteiger partial charge in [-0.25, -0.2) is 4.98 Å². The highest BCUT2D eigenvalue weighted by molar-refractivity contribution is 5.80. The second-order valence-electron chi connectivity index (χ2n) is 7.32. The van der Waals surface area contributed by atoms with Crippen LogP contribution in [0.2, 0.25) is 0 Å². The van der Waals surface area contributed by atoms with E-state index in [2.05, 4.69) is 23.0 Å². The van der Waals surface area contributed by atoms with Crippen LogP contribution in [0.3, 0.4) is 0 Å². The van der Waals surface area contributed by atoms with Gasteiger partial charge in [-0.15, -0.1) is 0 Å². The second-order valence-corrected chi connectivity index (χ2v) is 7.32. The number of rotatable bonds is 7. The van der Waals surface area contributed by atoms with E-state index < -0.39 is 0 Å². The van der Waals surface area contributed by atoms with Gasteiger partial charge in [0.2, 0.25) is 11.8 Å². The van der Waals surface area contributed by atoms with Gasteiger partial charge in [0.05, 0.1) is 11.0 Å². The van der Waals surface area contributed by atoms with Crippen molar-refractivity contribution in [1.82, 2.24) is 19.8 Å². The second kappa shape index (κ2) is 9.02. The van der Waals surface area contributed by atoms with Crippen molar-refractivity contribution in [1.29, 1.82) is 0 Å². The van der Waals surface area contributed by atoms with Crippen LogP contribution in [0, 0.1) is 6.92 Å². The van der Waals surface area contributed by atoms with Crippen LogP contribution in [-0.2, 0) is 16.0 Å². The molecule has 0 bridgehead atoms. The molecule has 0 spiro atoms. The fourth-order valence-corrected chi connectivity index (χ4v) is 3.71. The quantitative estimate of drug-likeness (QED) is 0.814.